The molecule has 3 aliphatic heterocycles. The molecular formula is C40H56O4. The number of rotatable bonds is 9. The Labute approximate surface area is 267 Å². The summed E-state index contributed by atoms with van der Waals surface area (Å²) in [4.78, 5) is 0. The van der Waals surface area contributed by atoms with Gasteiger partial charge in [0.15, 0.2) is 0 Å². The molecule has 4 aliphatic rings. The standard InChI is InChI=1S/C40H56O4/c1-28(17-13-18-30(3)21-22-40-37(7,8)26-33(43-40)27-39(40,10)42)15-11-12-16-29(2)19-14-20-31(4)34-23-35-36(5,6)24-32(41)25-38(35,9)44-34/h11-23,32-34,41-42H,24-27H2,1-10H3/b12-11+,17-13+,19-14+,22-21+,28-15+,29-16+,30-18+,31-20+/t32-,33-,34+,38+,39+,40+/m0/s1. The van der Waals surface area contributed by atoms with Crippen LogP contribution in [-0.2, 0) is 9.47 Å². The summed E-state index contributed by atoms with van der Waals surface area (Å²) in [5.74, 6) is 0. The van der Waals surface area contributed by atoms with Crippen LogP contribution in [0.3, 0.4) is 0 Å². The van der Waals surface area contributed by atoms with Crippen LogP contribution in [0.15, 0.2) is 107 Å². The van der Waals surface area contributed by atoms with Gasteiger partial charge in [-0.25, -0.2) is 0 Å². The van der Waals surface area contributed by atoms with Crippen LogP contribution in [0.25, 0.3) is 0 Å². The maximum absolute atomic E-state index is 11.1. The predicted octanol–water partition coefficient (Wildman–Crippen LogP) is 8.97. The monoisotopic (exact) mass is 600 g/mol. The lowest BCUT2D eigenvalue weighted by atomic mass is 9.61. The number of hydrogen-bond acceptors (Lipinski definition) is 4. The van der Waals surface area contributed by atoms with E-state index in [0.29, 0.717) is 12.8 Å². The first-order valence-electron chi connectivity index (χ1n) is 16.3. The fourth-order valence-electron chi connectivity index (χ4n) is 8.07. The average Bonchev–Trinajstić information content (AvgIpc) is 3.47. The minimum atomic E-state index is -0.848. The quantitative estimate of drug-likeness (QED) is 0.205. The fourth-order valence-corrected chi connectivity index (χ4v) is 8.07. The van der Waals surface area contributed by atoms with E-state index in [2.05, 4.69) is 141 Å². The molecule has 240 valence electrons. The van der Waals surface area contributed by atoms with Gasteiger partial charge in [0.25, 0.3) is 0 Å². The van der Waals surface area contributed by atoms with E-state index < -0.39 is 11.2 Å². The summed E-state index contributed by atoms with van der Waals surface area (Å²) in [5.41, 5.74) is 3.90. The maximum Gasteiger partial charge on any atom is 0.120 e. The van der Waals surface area contributed by atoms with Crippen LogP contribution >= 0.6 is 0 Å². The minimum Gasteiger partial charge on any atom is -0.393 e. The first-order chi connectivity index (χ1) is 20.4. The van der Waals surface area contributed by atoms with Crippen molar-refractivity contribution in [2.75, 3.05) is 0 Å². The summed E-state index contributed by atoms with van der Waals surface area (Å²) in [6.45, 7) is 21.2. The molecular weight excluding hydrogens is 544 g/mol. The molecule has 0 radical (unpaired) electrons. The van der Waals surface area contributed by atoms with Gasteiger partial charge >= 0.3 is 0 Å². The van der Waals surface area contributed by atoms with Gasteiger partial charge in [0.05, 0.1) is 29.5 Å². The van der Waals surface area contributed by atoms with E-state index in [-0.39, 0.29) is 34.7 Å². The van der Waals surface area contributed by atoms with Crippen molar-refractivity contribution < 1.29 is 19.7 Å². The SMILES string of the molecule is CC(/C=C/C=C(C)/C=C/[C@@]12O[C@@H](CC1(C)C)C[C@@]2(C)O)=C\C=C\C=C(C)\C=C\C=C(/C)[C@H]1C=C2C(C)(C)C[C@H](O)C[C@@]2(C)O1. The lowest BCUT2D eigenvalue weighted by molar-refractivity contribution is -0.115. The molecule has 0 spiro atoms. The molecule has 0 unspecified atom stereocenters. The average molecular weight is 601 g/mol. The van der Waals surface area contributed by atoms with E-state index >= 15 is 0 Å². The van der Waals surface area contributed by atoms with Crippen LogP contribution in [0.4, 0.5) is 0 Å². The highest BCUT2D eigenvalue weighted by atomic mass is 16.5. The van der Waals surface area contributed by atoms with Gasteiger partial charge in [0, 0.05) is 18.3 Å². The summed E-state index contributed by atoms with van der Waals surface area (Å²) < 4.78 is 12.8. The number of aliphatic hydroxyl groups is 2. The number of fused-ring (bicyclic) bond motifs is 3. The first-order valence-corrected chi connectivity index (χ1v) is 16.3. The lowest BCUT2D eigenvalue weighted by Crippen LogP contribution is -2.56. The van der Waals surface area contributed by atoms with Crippen molar-refractivity contribution in [1.82, 2.24) is 0 Å². The first kappa shape index (κ1) is 34.4. The van der Waals surface area contributed by atoms with Crippen LogP contribution in [0.2, 0.25) is 0 Å². The van der Waals surface area contributed by atoms with Crippen molar-refractivity contribution in [2.45, 2.75) is 130 Å². The Bertz CT molecular complexity index is 1350. The predicted molar refractivity (Wildman–Crippen MR) is 183 cm³/mol. The van der Waals surface area contributed by atoms with E-state index in [9.17, 15) is 10.2 Å². The van der Waals surface area contributed by atoms with Crippen molar-refractivity contribution in [3.8, 4) is 0 Å². The van der Waals surface area contributed by atoms with Crippen LogP contribution in [0.5, 0.6) is 0 Å². The Balaban J connectivity index is 1.29. The van der Waals surface area contributed by atoms with Gasteiger partial charge in [-0.3, -0.25) is 0 Å². The molecule has 4 rings (SSSR count). The van der Waals surface area contributed by atoms with Gasteiger partial charge in [-0.1, -0.05) is 111 Å². The van der Waals surface area contributed by atoms with Crippen molar-refractivity contribution in [2.24, 2.45) is 10.8 Å². The molecule has 0 aromatic rings. The van der Waals surface area contributed by atoms with Crippen molar-refractivity contribution in [1.29, 1.82) is 0 Å². The molecule has 3 heterocycles. The highest BCUT2D eigenvalue weighted by Crippen LogP contribution is 2.60. The second-order valence-corrected chi connectivity index (χ2v) is 15.4. The zero-order valence-corrected chi connectivity index (χ0v) is 28.8. The number of ether oxygens (including phenoxy) is 2. The van der Waals surface area contributed by atoms with Gasteiger partial charge in [0.2, 0.25) is 0 Å². The lowest BCUT2D eigenvalue weighted by Gasteiger charge is -2.46. The third-order valence-electron chi connectivity index (χ3n) is 10.2. The summed E-state index contributed by atoms with van der Waals surface area (Å²) in [6.07, 6.45) is 30.2. The number of aliphatic hydroxyl groups excluding tert-OH is 1. The fraction of sp³-hybridized carbons (Fsp3) is 0.550. The van der Waals surface area contributed by atoms with Crippen LogP contribution < -0.4 is 0 Å². The third-order valence-corrected chi connectivity index (χ3v) is 10.2. The topological polar surface area (TPSA) is 58.9 Å². The summed E-state index contributed by atoms with van der Waals surface area (Å²) in [5, 5.41) is 21.5. The zero-order valence-electron chi connectivity index (χ0n) is 28.8. The van der Waals surface area contributed by atoms with E-state index in [1.54, 1.807) is 0 Å². The van der Waals surface area contributed by atoms with Crippen LogP contribution in [-0.4, -0.2) is 45.3 Å². The molecule has 6 atom stereocenters. The zero-order chi connectivity index (χ0) is 32.6. The number of allylic oxidation sites excluding steroid dienone is 14. The molecule has 1 saturated carbocycles. The van der Waals surface area contributed by atoms with Gasteiger partial charge in [0.1, 0.15) is 5.60 Å². The second-order valence-electron chi connectivity index (χ2n) is 15.4. The maximum atomic E-state index is 11.1. The van der Waals surface area contributed by atoms with Crippen molar-refractivity contribution in [3.63, 3.8) is 0 Å². The minimum absolute atomic E-state index is 0.0514. The smallest absolute Gasteiger partial charge is 0.120 e. The Morgan fingerprint density at radius 1 is 0.727 bits per heavy atom. The van der Waals surface area contributed by atoms with Gasteiger partial charge in [-0.05, 0) is 83.1 Å². The van der Waals surface area contributed by atoms with Crippen molar-refractivity contribution >= 4 is 0 Å². The highest BCUT2D eigenvalue weighted by Gasteiger charge is 2.67. The molecule has 44 heavy (non-hydrogen) atoms. The number of hydrogen-bond donors (Lipinski definition) is 2. The molecule has 2 N–H and O–H groups in total. The largest absolute Gasteiger partial charge is 0.393 e. The molecule has 4 nitrogen and oxygen atoms in total. The van der Waals surface area contributed by atoms with E-state index in [0.717, 1.165) is 35.1 Å². The Morgan fingerprint density at radius 2 is 1.30 bits per heavy atom. The van der Waals surface area contributed by atoms with E-state index in [4.69, 9.17) is 9.47 Å². The molecule has 2 saturated heterocycles. The van der Waals surface area contributed by atoms with Gasteiger partial charge in [-0.2, -0.15) is 0 Å². The molecule has 4 heteroatoms. The summed E-state index contributed by atoms with van der Waals surface area (Å²) in [6, 6.07) is 0. The Morgan fingerprint density at radius 3 is 1.89 bits per heavy atom. The molecule has 0 amide bonds. The molecule has 2 bridgehead atoms. The van der Waals surface area contributed by atoms with E-state index in [1.807, 2.05) is 6.92 Å². The highest BCUT2D eigenvalue weighted by molar-refractivity contribution is 5.38. The van der Waals surface area contributed by atoms with Gasteiger partial charge in [-0.15, -0.1) is 0 Å². The third kappa shape index (κ3) is 7.15. The Hall–Kier alpha value is -2.50. The molecule has 0 aromatic carbocycles. The molecule has 0 aromatic heterocycles. The van der Waals surface area contributed by atoms with Crippen LogP contribution in [0, 0.1) is 10.8 Å². The van der Waals surface area contributed by atoms with Crippen molar-refractivity contribution in [3.05, 3.63) is 107 Å². The normalized spacial score (nSPS) is 37.7. The summed E-state index contributed by atoms with van der Waals surface area (Å²) in [7, 11) is 0. The second kappa shape index (κ2) is 12.7. The molecule has 3 fully saturated rings. The van der Waals surface area contributed by atoms with Crippen LogP contribution in [0.1, 0.15) is 94.9 Å². The molecule has 1 aliphatic carbocycles. The Kier molecular flexibility index (Phi) is 9.93. The van der Waals surface area contributed by atoms with E-state index in [1.165, 1.54) is 5.57 Å². The summed E-state index contributed by atoms with van der Waals surface area (Å²) >= 11 is 0. The van der Waals surface area contributed by atoms with Gasteiger partial charge < -0.3 is 19.7 Å².